The van der Waals surface area contributed by atoms with Gasteiger partial charge in [-0.1, -0.05) is 6.92 Å². The highest BCUT2D eigenvalue weighted by Gasteiger charge is 2.17. The normalized spacial score (nSPS) is 20.0. The Bertz CT molecular complexity index is 374. The Kier molecular flexibility index (Phi) is 3.24. The van der Waals surface area contributed by atoms with Gasteiger partial charge in [-0.2, -0.15) is 0 Å². The largest absolute Gasteiger partial charge is 0.383 e. The average molecular weight is 222 g/mol. The van der Waals surface area contributed by atoms with Crippen molar-refractivity contribution < 1.29 is 4.74 Å². The number of rotatable bonds is 3. The maximum absolute atomic E-state index is 5.85. The molecule has 2 heterocycles. The molecule has 0 saturated carbocycles. The minimum atomic E-state index is 0.345. The molecule has 2 rings (SSSR count). The van der Waals surface area contributed by atoms with Gasteiger partial charge in [0.1, 0.15) is 17.5 Å². The third kappa shape index (κ3) is 2.24. The van der Waals surface area contributed by atoms with Gasteiger partial charge in [0.15, 0.2) is 0 Å². The van der Waals surface area contributed by atoms with Crippen LogP contribution in [0.25, 0.3) is 0 Å². The summed E-state index contributed by atoms with van der Waals surface area (Å²) in [4.78, 5) is 8.68. The van der Waals surface area contributed by atoms with E-state index in [-0.39, 0.29) is 0 Å². The molecule has 16 heavy (non-hydrogen) atoms. The molecule has 1 aliphatic rings. The van der Waals surface area contributed by atoms with Gasteiger partial charge in [-0.05, 0) is 13.3 Å². The minimum absolute atomic E-state index is 0.345. The second-order valence-corrected chi connectivity index (χ2v) is 4.06. The molecule has 1 saturated heterocycles. The van der Waals surface area contributed by atoms with Gasteiger partial charge < -0.3 is 15.8 Å². The van der Waals surface area contributed by atoms with Gasteiger partial charge in [-0.25, -0.2) is 9.97 Å². The molecule has 0 aromatic carbocycles. The summed E-state index contributed by atoms with van der Waals surface area (Å²) >= 11 is 0. The van der Waals surface area contributed by atoms with Crippen LogP contribution in [0.3, 0.4) is 0 Å². The van der Waals surface area contributed by atoms with Crippen LogP contribution in [0, 0.1) is 6.92 Å². The first-order valence-corrected chi connectivity index (χ1v) is 5.68. The number of hydrogen-bond donors (Lipinski definition) is 2. The van der Waals surface area contributed by atoms with E-state index in [1.54, 1.807) is 0 Å². The Labute approximate surface area is 95.4 Å². The highest BCUT2D eigenvalue weighted by molar-refractivity contribution is 5.55. The molecule has 1 atom stereocenters. The van der Waals surface area contributed by atoms with Crippen LogP contribution in [-0.4, -0.2) is 29.2 Å². The molecule has 88 valence electrons. The Morgan fingerprint density at radius 2 is 2.31 bits per heavy atom. The molecule has 1 aliphatic heterocycles. The van der Waals surface area contributed by atoms with Crippen molar-refractivity contribution in [2.45, 2.75) is 32.7 Å². The molecular formula is C11H18N4O. The van der Waals surface area contributed by atoms with Gasteiger partial charge in [0.2, 0.25) is 0 Å². The zero-order chi connectivity index (χ0) is 11.5. The fourth-order valence-electron chi connectivity index (χ4n) is 1.72. The van der Waals surface area contributed by atoms with Gasteiger partial charge in [-0.15, -0.1) is 0 Å². The number of anilines is 2. The smallest absolute Gasteiger partial charge is 0.135 e. The van der Waals surface area contributed by atoms with Crippen molar-refractivity contribution in [3.63, 3.8) is 0 Å². The monoisotopic (exact) mass is 222 g/mol. The van der Waals surface area contributed by atoms with Crippen LogP contribution >= 0.6 is 0 Å². The van der Waals surface area contributed by atoms with E-state index >= 15 is 0 Å². The van der Waals surface area contributed by atoms with Crippen molar-refractivity contribution >= 4 is 11.6 Å². The van der Waals surface area contributed by atoms with Crippen molar-refractivity contribution in [3.05, 3.63) is 11.4 Å². The first-order chi connectivity index (χ1) is 7.70. The average Bonchev–Trinajstić information content (AvgIpc) is 2.77. The number of aryl methyl sites for hydroxylation is 1. The Hall–Kier alpha value is -1.36. The van der Waals surface area contributed by atoms with Crippen LogP contribution in [0.1, 0.15) is 24.7 Å². The number of aromatic nitrogens is 2. The fraction of sp³-hybridized carbons (Fsp3) is 0.636. The molecule has 1 fully saturated rings. The zero-order valence-corrected chi connectivity index (χ0v) is 9.79. The van der Waals surface area contributed by atoms with Crippen LogP contribution in [0.2, 0.25) is 0 Å². The van der Waals surface area contributed by atoms with E-state index in [0.29, 0.717) is 11.9 Å². The van der Waals surface area contributed by atoms with Crippen molar-refractivity contribution in [1.82, 2.24) is 9.97 Å². The molecule has 5 nitrogen and oxygen atoms in total. The first-order valence-electron chi connectivity index (χ1n) is 5.68. The molecule has 5 heteroatoms. The fourth-order valence-corrected chi connectivity index (χ4v) is 1.72. The van der Waals surface area contributed by atoms with Crippen LogP contribution in [0.4, 0.5) is 11.6 Å². The number of nitrogen functional groups attached to an aromatic ring is 1. The maximum atomic E-state index is 5.85. The van der Waals surface area contributed by atoms with Crippen molar-refractivity contribution in [3.8, 4) is 0 Å². The maximum Gasteiger partial charge on any atom is 0.135 e. The van der Waals surface area contributed by atoms with Gasteiger partial charge in [0.25, 0.3) is 0 Å². The molecular weight excluding hydrogens is 204 g/mol. The van der Waals surface area contributed by atoms with Gasteiger partial charge >= 0.3 is 0 Å². The molecule has 0 spiro atoms. The summed E-state index contributed by atoms with van der Waals surface area (Å²) in [7, 11) is 0. The van der Waals surface area contributed by atoms with E-state index in [0.717, 1.165) is 43.3 Å². The van der Waals surface area contributed by atoms with E-state index in [2.05, 4.69) is 15.3 Å². The zero-order valence-electron chi connectivity index (χ0n) is 9.79. The van der Waals surface area contributed by atoms with Crippen LogP contribution < -0.4 is 11.1 Å². The van der Waals surface area contributed by atoms with Gasteiger partial charge in [-0.3, -0.25) is 0 Å². The van der Waals surface area contributed by atoms with Crippen LogP contribution in [0.5, 0.6) is 0 Å². The van der Waals surface area contributed by atoms with E-state index in [9.17, 15) is 0 Å². The molecule has 0 aliphatic carbocycles. The number of nitrogens with zero attached hydrogens (tertiary/aromatic N) is 2. The quantitative estimate of drug-likeness (QED) is 0.802. The molecule has 1 unspecified atom stereocenters. The van der Waals surface area contributed by atoms with Crippen molar-refractivity contribution in [1.29, 1.82) is 0 Å². The molecule has 0 radical (unpaired) electrons. The second-order valence-electron chi connectivity index (χ2n) is 4.06. The highest BCUT2D eigenvalue weighted by Crippen LogP contribution is 2.20. The summed E-state index contributed by atoms with van der Waals surface area (Å²) in [6.07, 6.45) is 1.81. The second kappa shape index (κ2) is 4.65. The minimum Gasteiger partial charge on any atom is -0.383 e. The molecule has 3 N–H and O–H groups in total. The number of nitrogens with one attached hydrogen (secondary N) is 1. The predicted octanol–water partition coefficient (Wildman–Crippen LogP) is 1.13. The summed E-state index contributed by atoms with van der Waals surface area (Å²) in [5.74, 6) is 2.19. The third-order valence-corrected chi connectivity index (χ3v) is 2.82. The molecule has 1 aromatic heterocycles. The van der Waals surface area contributed by atoms with Crippen molar-refractivity contribution in [2.75, 3.05) is 24.3 Å². The van der Waals surface area contributed by atoms with Crippen LogP contribution in [-0.2, 0) is 11.2 Å². The SMILES string of the molecule is CCc1nc(N)c(C)c(NC2CCOC2)n1. The summed E-state index contributed by atoms with van der Waals surface area (Å²) in [6.45, 7) is 5.52. The van der Waals surface area contributed by atoms with Crippen LogP contribution in [0.15, 0.2) is 0 Å². The summed E-state index contributed by atoms with van der Waals surface area (Å²) < 4.78 is 5.32. The topological polar surface area (TPSA) is 73.1 Å². The lowest BCUT2D eigenvalue weighted by Crippen LogP contribution is -2.21. The lowest BCUT2D eigenvalue weighted by atomic mass is 10.2. The summed E-state index contributed by atoms with van der Waals surface area (Å²) in [5, 5.41) is 3.37. The number of hydrogen-bond acceptors (Lipinski definition) is 5. The Morgan fingerprint density at radius 3 is 2.94 bits per heavy atom. The van der Waals surface area contributed by atoms with E-state index in [4.69, 9.17) is 10.5 Å². The Morgan fingerprint density at radius 1 is 1.50 bits per heavy atom. The lowest BCUT2D eigenvalue weighted by molar-refractivity contribution is 0.195. The highest BCUT2D eigenvalue weighted by atomic mass is 16.5. The van der Waals surface area contributed by atoms with E-state index < -0.39 is 0 Å². The molecule has 0 bridgehead atoms. The summed E-state index contributed by atoms with van der Waals surface area (Å²) in [5.41, 5.74) is 6.77. The summed E-state index contributed by atoms with van der Waals surface area (Å²) in [6, 6.07) is 0.345. The molecule has 1 aromatic rings. The van der Waals surface area contributed by atoms with Gasteiger partial charge in [0, 0.05) is 18.6 Å². The lowest BCUT2D eigenvalue weighted by Gasteiger charge is -2.15. The predicted molar refractivity (Wildman–Crippen MR) is 63.4 cm³/mol. The van der Waals surface area contributed by atoms with E-state index in [1.165, 1.54) is 0 Å². The van der Waals surface area contributed by atoms with Crippen molar-refractivity contribution in [2.24, 2.45) is 0 Å². The molecule has 0 amide bonds. The van der Waals surface area contributed by atoms with Gasteiger partial charge in [0.05, 0.1) is 12.6 Å². The van der Waals surface area contributed by atoms with E-state index in [1.807, 2.05) is 13.8 Å². The standard InChI is InChI=1S/C11H18N4O/c1-3-9-14-10(12)7(2)11(15-9)13-8-4-5-16-6-8/h8H,3-6H2,1-2H3,(H3,12,13,14,15). The number of nitrogens with two attached hydrogens (primary N) is 1. The third-order valence-electron chi connectivity index (χ3n) is 2.82. The first kappa shape index (κ1) is 11.1. The number of ether oxygens (including phenoxy) is 1. The Balaban J connectivity index is 2.20.